The zero-order valence-electron chi connectivity index (χ0n) is 10.2. The number of halogens is 1. The van der Waals surface area contributed by atoms with Crippen LogP contribution in [-0.4, -0.2) is 0 Å². The average Bonchev–Trinajstić information content (AvgIpc) is 2.41. The fourth-order valence-electron chi connectivity index (χ4n) is 2.68. The lowest BCUT2D eigenvalue weighted by Crippen LogP contribution is -2.02. The Balaban J connectivity index is 2.09. The molecule has 0 fully saturated rings. The normalized spacial score (nSPS) is 14.3. The molecule has 92 valence electrons. The van der Waals surface area contributed by atoms with E-state index in [1.165, 1.54) is 36.1 Å². The first-order valence-electron chi connectivity index (χ1n) is 6.41. The van der Waals surface area contributed by atoms with Crippen molar-refractivity contribution in [2.45, 2.75) is 25.7 Å². The number of hydrogen-bond acceptors (Lipinski definition) is 1. The van der Waals surface area contributed by atoms with E-state index in [2.05, 4.69) is 18.2 Å². The van der Waals surface area contributed by atoms with E-state index in [1.54, 1.807) is 6.07 Å². The number of anilines is 1. The lowest BCUT2D eigenvalue weighted by atomic mass is 9.89. The molecule has 0 saturated carbocycles. The lowest BCUT2D eigenvalue weighted by Gasteiger charge is -2.17. The summed E-state index contributed by atoms with van der Waals surface area (Å²) >= 11 is 0. The number of rotatable bonds is 1. The van der Waals surface area contributed by atoms with Gasteiger partial charge in [-0.15, -0.1) is 0 Å². The van der Waals surface area contributed by atoms with Gasteiger partial charge >= 0.3 is 0 Å². The highest BCUT2D eigenvalue weighted by atomic mass is 19.1. The molecule has 0 atom stereocenters. The van der Waals surface area contributed by atoms with Gasteiger partial charge in [0.1, 0.15) is 5.82 Å². The van der Waals surface area contributed by atoms with Crippen molar-refractivity contribution in [3.05, 3.63) is 53.3 Å². The van der Waals surface area contributed by atoms with E-state index in [-0.39, 0.29) is 5.82 Å². The average molecular weight is 241 g/mol. The maximum Gasteiger partial charge on any atom is 0.123 e. The molecule has 0 aromatic heterocycles. The first-order chi connectivity index (χ1) is 8.74. The molecule has 2 aromatic rings. The zero-order valence-corrected chi connectivity index (χ0v) is 10.2. The molecule has 0 amide bonds. The van der Waals surface area contributed by atoms with E-state index in [9.17, 15) is 4.39 Å². The number of nitrogen functional groups attached to an aromatic ring is 1. The van der Waals surface area contributed by atoms with E-state index in [1.807, 2.05) is 0 Å². The van der Waals surface area contributed by atoms with Crippen molar-refractivity contribution in [2.75, 3.05) is 5.73 Å². The Bertz CT molecular complexity index is 590. The number of hydrogen-bond donors (Lipinski definition) is 1. The molecule has 0 unspecified atom stereocenters. The van der Waals surface area contributed by atoms with Gasteiger partial charge in [-0.2, -0.15) is 0 Å². The van der Waals surface area contributed by atoms with Crippen molar-refractivity contribution >= 4 is 5.69 Å². The second-order valence-electron chi connectivity index (χ2n) is 4.92. The first kappa shape index (κ1) is 11.3. The summed E-state index contributed by atoms with van der Waals surface area (Å²) in [6.07, 6.45) is 4.80. The first-order valence-corrected chi connectivity index (χ1v) is 6.41. The fourth-order valence-corrected chi connectivity index (χ4v) is 2.68. The van der Waals surface area contributed by atoms with Crippen LogP contribution in [0.5, 0.6) is 0 Å². The number of fused-ring (bicyclic) bond motifs is 1. The van der Waals surface area contributed by atoms with Crippen LogP contribution in [0.1, 0.15) is 24.0 Å². The summed E-state index contributed by atoms with van der Waals surface area (Å²) < 4.78 is 13.3. The van der Waals surface area contributed by atoms with Crippen LogP contribution in [-0.2, 0) is 12.8 Å². The van der Waals surface area contributed by atoms with Gasteiger partial charge in [0.15, 0.2) is 0 Å². The Kier molecular flexibility index (Phi) is 2.78. The van der Waals surface area contributed by atoms with Crippen LogP contribution >= 0.6 is 0 Å². The van der Waals surface area contributed by atoms with Crippen LogP contribution in [0.3, 0.4) is 0 Å². The molecular formula is C16H16FN. The highest BCUT2D eigenvalue weighted by Gasteiger charge is 2.11. The Morgan fingerprint density at radius 1 is 0.889 bits per heavy atom. The molecule has 0 saturated heterocycles. The van der Waals surface area contributed by atoms with Crippen molar-refractivity contribution in [1.82, 2.24) is 0 Å². The van der Waals surface area contributed by atoms with Crippen molar-refractivity contribution < 1.29 is 4.39 Å². The molecule has 0 heterocycles. The number of aryl methyl sites for hydroxylation is 2. The summed E-state index contributed by atoms with van der Waals surface area (Å²) in [5.41, 5.74) is 11.2. The van der Waals surface area contributed by atoms with Crippen molar-refractivity contribution in [3.63, 3.8) is 0 Å². The van der Waals surface area contributed by atoms with Gasteiger partial charge in [0.25, 0.3) is 0 Å². The lowest BCUT2D eigenvalue weighted by molar-refractivity contribution is 0.628. The van der Waals surface area contributed by atoms with Gasteiger partial charge in [0, 0.05) is 11.3 Å². The largest absolute Gasteiger partial charge is 0.398 e. The van der Waals surface area contributed by atoms with Crippen LogP contribution in [0.2, 0.25) is 0 Å². The summed E-state index contributed by atoms with van der Waals surface area (Å²) in [6, 6.07) is 10.9. The summed E-state index contributed by atoms with van der Waals surface area (Å²) in [5.74, 6) is -0.239. The molecule has 0 aliphatic heterocycles. The Morgan fingerprint density at radius 3 is 2.50 bits per heavy atom. The van der Waals surface area contributed by atoms with Crippen LogP contribution < -0.4 is 5.73 Å². The fraction of sp³-hybridized carbons (Fsp3) is 0.250. The van der Waals surface area contributed by atoms with Gasteiger partial charge in [0.05, 0.1) is 0 Å². The molecule has 1 nitrogen and oxygen atoms in total. The predicted octanol–water partition coefficient (Wildman–Crippen LogP) is 3.95. The summed E-state index contributed by atoms with van der Waals surface area (Å²) in [4.78, 5) is 0. The van der Waals surface area contributed by atoms with E-state index in [0.717, 1.165) is 24.0 Å². The molecule has 0 spiro atoms. The molecule has 18 heavy (non-hydrogen) atoms. The smallest absolute Gasteiger partial charge is 0.123 e. The van der Waals surface area contributed by atoms with E-state index in [0.29, 0.717) is 5.69 Å². The van der Waals surface area contributed by atoms with Crippen molar-refractivity contribution in [3.8, 4) is 11.1 Å². The van der Waals surface area contributed by atoms with Crippen LogP contribution in [0, 0.1) is 5.82 Å². The summed E-state index contributed by atoms with van der Waals surface area (Å²) in [7, 11) is 0. The summed E-state index contributed by atoms with van der Waals surface area (Å²) in [6.45, 7) is 0. The quantitative estimate of drug-likeness (QED) is 0.751. The highest BCUT2D eigenvalue weighted by molar-refractivity contribution is 5.77. The highest BCUT2D eigenvalue weighted by Crippen LogP contribution is 2.30. The van der Waals surface area contributed by atoms with Crippen LogP contribution in [0.25, 0.3) is 11.1 Å². The predicted molar refractivity (Wildman–Crippen MR) is 72.9 cm³/mol. The number of benzene rings is 2. The minimum Gasteiger partial charge on any atom is -0.398 e. The van der Waals surface area contributed by atoms with Crippen LogP contribution in [0.4, 0.5) is 10.1 Å². The molecule has 1 aliphatic rings. The van der Waals surface area contributed by atoms with E-state index in [4.69, 9.17) is 5.73 Å². The Labute approximate surface area is 106 Å². The van der Waals surface area contributed by atoms with Gasteiger partial charge < -0.3 is 5.73 Å². The van der Waals surface area contributed by atoms with Gasteiger partial charge in [-0.1, -0.05) is 18.2 Å². The Morgan fingerprint density at radius 2 is 1.67 bits per heavy atom. The second-order valence-corrected chi connectivity index (χ2v) is 4.92. The SMILES string of the molecule is Nc1ccc(F)cc1-c1ccc2c(c1)CCCC2. The molecule has 0 radical (unpaired) electrons. The van der Waals surface area contributed by atoms with Gasteiger partial charge in [-0.3, -0.25) is 0 Å². The van der Waals surface area contributed by atoms with Crippen molar-refractivity contribution in [1.29, 1.82) is 0 Å². The summed E-state index contributed by atoms with van der Waals surface area (Å²) in [5, 5.41) is 0. The standard InChI is InChI=1S/C16H16FN/c17-14-7-8-16(18)15(10-14)13-6-5-11-3-1-2-4-12(11)9-13/h5-10H,1-4,18H2. The third-order valence-electron chi connectivity index (χ3n) is 3.67. The maximum atomic E-state index is 13.3. The second kappa shape index (κ2) is 4.45. The molecule has 0 bridgehead atoms. The Hall–Kier alpha value is -1.83. The third-order valence-corrected chi connectivity index (χ3v) is 3.67. The molecule has 1 aliphatic carbocycles. The number of nitrogens with two attached hydrogens (primary N) is 1. The topological polar surface area (TPSA) is 26.0 Å². The van der Waals surface area contributed by atoms with E-state index >= 15 is 0 Å². The molecule has 2 N–H and O–H groups in total. The monoisotopic (exact) mass is 241 g/mol. The maximum absolute atomic E-state index is 13.3. The third kappa shape index (κ3) is 1.99. The molecule has 3 rings (SSSR count). The minimum absolute atomic E-state index is 0.239. The minimum atomic E-state index is -0.239. The van der Waals surface area contributed by atoms with Crippen molar-refractivity contribution in [2.24, 2.45) is 0 Å². The van der Waals surface area contributed by atoms with Gasteiger partial charge in [-0.25, -0.2) is 4.39 Å². The van der Waals surface area contributed by atoms with Crippen LogP contribution in [0.15, 0.2) is 36.4 Å². The molecule has 2 heteroatoms. The van der Waals surface area contributed by atoms with E-state index < -0.39 is 0 Å². The van der Waals surface area contributed by atoms with Gasteiger partial charge in [-0.05, 0) is 60.6 Å². The molecular weight excluding hydrogens is 225 g/mol. The zero-order chi connectivity index (χ0) is 12.5. The molecule has 2 aromatic carbocycles. The van der Waals surface area contributed by atoms with Gasteiger partial charge in [0.2, 0.25) is 0 Å².